The van der Waals surface area contributed by atoms with E-state index in [-0.39, 0.29) is 17.9 Å². The summed E-state index contributed by atoms with van der Waals surface area (Å²) in [6, 6.07) is -0.247. The predicted octanol–water partition coefficient (Wildman–Crippen LogP) is -1.21. The zero-order valence-corrected chi connectivity index (χ0v) is 10.3. The first-order valence-corrected chi connectivity index (χ1v) is 6.09. The number of amides is 2. The Morgan fingerprint density at radius 2 is 2.00 bits per heavy atom. The standard InChI is InChI=1S/C11H22N4O2/c1-2-9(12)11(17)14-8-3-5-15(6-4-8)7-10(13)16/h8-9H,2-7,12H2,1H3,(H2,13,16)(H,14,17). The Balaban J connectivity index is 2.27. The van der Waals surface area contributed by atoms with Crippen LogP contribution in [0.2, 0.25) is 0 Å². The van der Waals surface area contributed by atoms with E-state index in [2.05, 4.69) is 5.32 Å². The second-order valence-electron chi connectivity index (χ2n) is 4.54. The van der Waals surface area contributed by atoms with Crippen molar-refractivity contribution in [3.63, 3.8) is 0 Å². The van der Waals surface area contributed by atoms with Crippen LogP contribution in [-0.4, -0.2) is 48.4 Å². The van der Waals surface area contributed by atoms with Gasteiger partial charge in [-0.3, -0.25) is 14.5 Å². The van der Waals surface area contributed by atoms with E-state index in [4.69, 9.17) is 11.5 Å². The minimum Gasteiger partial charge on any atom is -0.369 e. The number of nitrogens with two attached hydrogens (primary N) is 2. The normalized spacial score (nSPS) is 19.9. The number of primary amides is 1. The van der Waals surface area contributed by atoms with Crippen LogP contribution in [0.15, 0.2) is 0 Å². The second kappa shape index (κ2) is 6.56. The van der Waals surface area contributed by atoms with Crippen molar-refractivity contribution in [3.8, 4) is 0 Å². The third kappa shape index (κ3) is 4.70. The molecule has 1 aliphatic rings. The van der Waals surface area contributed by atoms with Crippen LogP contribution in [0.25, 0.3) is 0 Å². The van der Waals surface area contributed by atoms with Crippen LogP contribution in [0.4, 0.5) is 0 Å². The Hall–Kier alpha value is -1.14. The van der Waals surface area contributed by atoms with Gasteiger partial charge in [0.2, 0.25) is 11.8 Å². The summed E-state index contributed by atoms with van der Waals surface area (Å²) in [6.07, 6.45) is 2.33. The molecule has 0 aromatic heterocycles. The highest BCUT2D eigenvalue weighted by Crippen LogP contribution is 2.09. The van der Waals surface area contributed by atoms with E-state index in [1.54, 1.807) is 0 Å². The molecule has 1 fully saturated rings. The van der Waals surface area contributed by atoms with Crippen LogP contribution < -0.4 is 16.8 Å². The third-order valence-electron chi connectivity index (χ3n) is 3.09. The summed E-state index contributed by atoms with van der Waals surface area (Å²) in [7, 11) is 0. The maximum Gasteiger partial charge on any atom is 0.237 e. The molecule has 1 rings (SSSR count). The Morgan fingerprint density at radius 1 is 1.41 bits per heavy atom. The molecule has 0 bridgehead atoms. The van der Waals surface area contributed by atoms with Gasteiger partial charge in [-0.15, -0.1) is 0 Å². The van der Waals surface area contributed by atoms with Crippen molar-refractivity contribution in [1.29, 1.82) is 0 Å². The fourth-order valence-electron chi connectivity index (χ4n) is 1.95. The number of likely N-dealkylation sites (tertiary alicyclic amines) is 1. The number of nitrogens with zero attached hydrogens (tertiary/aromatic N) is 1. The molecule has 1 heterocycles. The number of carbonyl (C=O) groups excluding carboxylic acids is 2. The van der Waals surface area contributed by atoms with Gasteiger partial charge < -0.3 is 16.8 Å². The minimum atomic E-state index is -0.418. The highest BCUT2D eigenvalue weighted by atomic mass is 16.2. The van der Waals surface area contributed by atoms with Crippen molar-refractivity contribution < 1.29 is 9.59 Å². The molecule has 98 valence electrons. The van der Waals surface area contributed by atoms with E-state index < -0.39 is 6.04 Å². The molecular weight excluding hydrogens is 220 g/mol. The molecule has 2 amide bonds. The van der Waals surface area contributed by atoms with Gasteiger partial charge in [0.15, 0.2) is 0 Å². The Labute approximate surface area is 102 Å². The van der Waals surface area contributed by atoms with Crippen LogP contribution in [0.1, 0.15) is 26.2 Å². The maximum atomic E-state index is 11.6. The molecule has 0 spiro atoms. The van der Waals surface area contributed by atoms with Gasteiger partial charge in [0, 0.05) is 19.1 Å². The summed E-state index contributed by atoms with van der Waals surface area (Å²) in [5, 5.41) is 2.94. The molecule has 0 aromatic carbocycles. The monoisotopic (exact) mass is 242 g/mol. The minimum absolute atomic E-state index is 0.0825. The summed E-state index contributed by atoms with van der Waals surface area (Å²) in [5.74, 6) is -0.388. The predicted molar refractivity (Wildman–Crippen MR) is 65.1 cm³/mol. The molecule has 0 aromatic rings. The maximum absolute atomic E-state index is 11.6. The van der Waals surface area contributed by atoms with Crippen molar-refractivity contribution in [2.24, 2.45) is 11.5 Å². The Kier molecular flexibility index (Phi) is 5.37. The molecule has 1 aliphatic heterocycles. The molecular formula is C11H22N4O2. The molecule has 0 radical (unpaired) electrons. The lowest BCUT2D eigenvalue weighted by molar-refractivity contribution is -0.124. The van der Waals surface area contributed by atoms with Crippen molar-refractivity contribution in [2.45, 2.75) is 38.3 Å². The second-order valence-corrected chi connectivity index (χ2v) is 4.54. The van der Waals surface area contributed by atoms with Crippen LogP contribution in [0.5, 0.6) is 0 Å². The number of carbonyl (C=O) groups is 2. The van der Waals surface area contributed by atoms with Gasteiger partial charge in [-0.25, -0.2) is 0 Å². The zero-order valence-electron chi connectivity index (χ0n) is 10.3. The molecule has 1 saturated heterocycles. The largest absolute Gasteiger partial charge is 0.369 e. The summed E-state index contributed by atoms with van der Waals surface area (Å²) in [6.45, 7) is 3.76. The molecule has 6 nitrogen and oxygen atoms in total. The lowest BCUT2D eigenvalue weighted by Gasteiger charge is -2.31. The first-order chi connectivity index (χ1) is 8.02. The zero-order chi connectivity index (χ0) is 12.8. The smallest absolute Gasteiger partial charge is 0.237 e. The van der Waals surface area contributed by atoms with Crippen molar-refractivity contribution in [2.75, 3.05) is 19.6 Å². The molecule has 5 N–H and O–H groups in total. The van der Waals surface area contributed by atoms with E-state index in [9.17, 15) is 9.59 Å². The quantitative estimate of drug-likeness (QED) is 0.563. The first kappa shape index (κ1) is 13.9. The summed E-state index contributed by atoms with van der Waals surface area (Å²) < 4.78 is 0. The summed E-state index contributed by atoms with van der Waals surface area (Å²) >= 11 is 0. The average Bonchev–Trinajstić information content (AvgIpc) is 2.30. The van der Waals surface area contributed by atoms with E-state index in [1.165, 1.54) is 0 Å². The van der Waals surface area contributed by atoms with Gasteiger partial charge in [-0.05, 0) is 19.3 Å². The lowest BCUT2D eigenvalue weighted by Crippen LogP contribution is -2.50. The van der Waals surface area contributed by atoms with E-state index in [0.29, 0.717) is 13.0 Å². The summed E-state index contributed by atoms with van der Waals surface area (Å²) in [5.41, 5.74) is 10.8. The van der Waals surface area contributed by atoms with Gasteiger partial charge in [0.1, 0.15) is 0 Å². The highest BCUT2D eigenvalue weighted by molar-refractivity contribution is 5.81. The Morgan fingerprint density at radius 3 is 2.47 bits per heavy atom. The highest BCUT2D eigenvalue weighted by Gasteiger charge is 2.22. The van der Waals surface area contributed by atoms with Crippen LogP contribution in [0, 0.1) is 0 Å². The molecule has 1 unspecified atom stereocenters. The van der Waals surface area contributed by atoms with Crippen LogP contribution in [-0.2, 0) is 9.59 Å². The average molecular weight is 242 g/mol. The fraction of sp³-hybridized carbons (Fsp3) is 0.818. The van der Waals surface area contributed by atoms with Crippen molar-refractivity contribution in [3.05, 3.63) is 0 Å². The fourth-order valence-corrected chi connectivity index (χ4v) is 1.95. The molecule has 0 saturated carbocycles. The molecule has 1 atom stereocenters. The topological polar surface area (TPSA) is 101 Å². The van der Waals surface area contributed by atoms with Crippen molar-refractivity contribution >= 4 is 11.8 Å². The van der Waals surface area contributed by atoms with Gasteiger partial charge in [-0.2, -0.15) is 0 Å². The van der Waals surface area contributed by atoms with Gasteiger partial charge in [0.25, 0.3) is 0 Å². The molecule has 17 heavy (non-hydrogen) atoms. The SMILES string of the molecule is CCC(N)C(=O)NC1CCN(CC(N)=O)CC1. The van der Waals surface area contributed by atoms with E-state index >= 15 is 0 Å². The summed E-state index contributed by atoms with van der Waals surface area (Å²) in [4.78, 5) is 24.3. The van der Waals surface area contributed by atoms with Gasteiger partial charge >= 0.3 is 0 Å². The third-order valence-corrected chi connectivity index (χ3v) is 3.09. The van der Waals surface area contributed by atoms with Crippen LogP contribution in [0.3, 0.4) is 0 Å². The Bertz CT molecular complexity index is 275. The molecule has 0 aliphatic carbocycles. The van der Waals surface area contributed by atoms with Crippen LogP contribution >= 0.6 is 0 Å². The van der Waals surface area contributed by atoms with Crippen molar-refractivity contribution in [1.82, 2.24) is 10.2 Å². The lowest BCUT2D eigenvalue weighted by atomic mass is 10.0. The first-order valence-electron chi connectivity index (χ1n) is 6.09. The molecule has 6 heteroatoms. The number of rotatable bonds is 5. The number of hydrogen-bond acceptors (Lipinski definition) is 4. The number of nitrogens with one attached hydrogen (secondary N) is 1. The van der Waals surface area contributed by atoms with Gasteiger partial charge in [-0.1, -0.05) is 6.92 Å². The number of piperidine rings is 1. The van der Waals surface area contributed by atoms with Gasteiger partial charge in [0.05, 0.1) is 12.6 Å². The number of hydrogen-bond donors (Lipinski definition) is 3. The van der Waals surface area contributed by atoms with E-state index in [1.807, 2.05) is 11.8 Å². The van der Waals surface area contributed by atoms with E-state index in [0.717, 1.165) is 25.9 Å².